The van der Waals surface area contributed by atoms with Crippen molar-refractivity contribution in [2.24, 2.45) is 17.8 Å². The summed E-state index contributed by atoms with van der Waals surface area (Å²) in [6.07, 6.45) is 2.55. The van der Waals surface area contributed by atoms with Crippen LogP contribution in [0.3, 0.4) is 0 Å². The number of hydrogen-bond donors (Lipinski definition) is 0. The van der Waals surface area contributed by atoms with Crippen molar-refractivity contribution in [2.75, 3.05) is 33.4 Å². The van der Waals surface area contributed by atoms with Gasteiger partial charge in [-0.05, 0) is 77.0 Å². The number of amides is 2. The molecule has 3 aliphatic rings. The largest absolute Gasteiger partial charge is 0.497 e. The van der Waals surface area contributed by atoms with Crippen LogP contribution < -0.4 is 4.74 Å². The van der Waals surface area contributed by atoms with Gasteiger partial charge in [0.05, 0.1) is 38.3 Å². The van der Waals surface area contributed by atoms with Crippen molar-refractivity contribution in [1.82, 2.24) is 9.80 Å². The Hall–Kier alpha value is -3.14. The summed E-state index contributed by atoms with van der Waals surface area (Å²) < 4.78 is 22.2. The number of aldehydes is 1. The van der Waals surface area contributed by atoms with Crippen LogP contribution in [-0.4, -0.2) is 84.7 Å². The first-order valence-corrected chi connectivity index (χ1v) is 14.7. The van der Waals surface area contributed by atoms with Crippen molar-refractivity contribution in [3.63, 3.8) is 0 Å². The maximum atomic E-state index is 13.9. The predicted octanol–water partition coefficient (Wildman–Crippen LogP) is 3.99. The van der Waals surface area contributed by atoms with Gasteiger partial charge in [-0.25, -0.2) is 4.79 Å². The fourth-order valence-corrected chi connectivity index (χ4v) is 7.07. The normalized spacial score (nSPS) is 27.0. The molecule has 1 aromatic carbocycles. The van der Waals surface area contributed by atoms with E-state index in [0.29, 0.717) is 52.0 Å². The van der Waals surface area contributed by atoms with Gasteiger partial charge in [-0.1, -0.05) is 12.1 Å². The number of unbranched alkanes of at least 4 members (excludes halogenated alkanes) is 1. The van der Waals surface area contributed by atoms with Crippen LogP contribution in [0, 0.1) is 17.8 Å². The maximum Gasteiger partial charge on any atom is 0.410 e. The van der Waals surface area contributed by atoms with Gasteiger partial charge in [0, 0.05) is 31.5 Å². The van der Waals surface area contributed by atoms with E-state index in [4.69, 9.17) is 18.9 Å². The molecule has 5 atom stereocenters. The smallest absolute Gasteiger partial charge is 0.410 e. The van der Waals surface area contributed by atoms with Crippen molar-refractivity contribution in [1.29, 1.82) is 0 Å². The lowest BCUT2D eigenvalue weighted by Gasteiger charge is -2.58. The Bertz CT molecular complexity index is 1100. The van der Waals surface area contributed by atoms with Crippen molar-refractivity contribution in [3.8, 4) is 5.75 Å². The molecule has 0 unspecified atom stereocenters. The molecule has 1 saturated carbocycles. The summed E-state index contributed by atoms with van der Waals surface area (Å²) in [4.78, 5) is 56.2. The highest BCUT2D eigenvalue weighted by molar-refractivity contribution is 5.87. The van der Waals surface area contributed by atoms with Crippen molar-refractivity contribution in [2.45, 2.75) is 83.6 Å². The van der Waals surface area contributed by atoms with E-state index in [-0.39, 0.29) is 30.8 Å². The average Bonchev–Trinajstić information content (AvgIpc) is 3.07. The van der Waals surface area contributed by atoms with E-state index < -0.39 is 35.2 Å². The molecular weight excluding hydrogens is 528 g/mol. The summed E-state index contributed by atoms with van der Waals surface area (Å²) in [6.45, 7) is 9.09. The second kappa shape index (κ2) is 12.8. The Morgan fingerprint density at radius 3 is 2.51 bits per heavy atom. The first-order valence-electron chi connectivity index (χ1n) is 14.7. The number of esters is 1. The van der Waals surface area contributed by atoms with Gasteiger partial charge in [0.2, 0.25) is 5.91 Å². The summed E-state index contributed by atoms with van der Waals surface area (Å²) in [5.74, 6) is -0.771. The van der Waals surface area contributed by atoms with Crippen molar-refractivity contribution < 1.29 is 38.1 Å². The van der Waals surface area contributed by atoms with E-state index in [9.17, 15) is 19.2 Å². The molecule has 2 saturated heterocycles. The zero-order chi connectivity index (χ0) is 29.8. The van der Waals surface area contributed by atoms with Crippen LogP contribution in [-0.2, 0) is 35.2 Å². The predicted molar refractivity (Wildman–Crippen MR) is 150 cm³/mol. The van der Waals surface area contributed by atoms with Gasteiger partial charge in [-0.15, -0.1) is 0 Å². The van der Waals surface area contributed by atoms with Gasteiger partial charge >= 0.3 is 12.1 Å². The van der Waals surface area contributed by atoms with Crippen molar-refractivity contribution in [3.05, 3.63) is 29.8 Å². The first kappa shape index (κ1) is 30.8. The molecule has 2 heterocycles. The topological polar surface area (TPSA) is 112 Å². The molecule has 10 nitrogen and oxygen atoms in total. The van der Waals surface area contributed by atoms with Crippen molar-refractivity contribution >= 4 is 24.3 Å². The molecule has 10 heteroatoms. The Kier molecular flexibility index (Phi) is 9.62. The van der Waals surface area contributed by atoms with E-state index >= 15 is 0 Å². The van der Waals surface area contributed by atoms with E-state index in [0.717, 1.165) is 17.6 Å². The maximum absolute atomic E-state index is 13.9. The molecule has 1 aliphatic carbocycles. The summed E-state index contributed by atoms with van der Waals surface area (Å²) >= 11 is 0. The minimum absolute atomic E-state index is 0.0427. The number of methoxy groups -OCH3 is 1. The fourth-order valence-electron chi connectivity index (χ4n) is 7.07. The molecule has 226 valence electrons. The lowest BCUT2D eigenvalue weighted by Crippen LogP contribution is -2.72. The minimum Gasteiger partial charge on any atom is -0.497 e. The molecule has 0 spiro atoms. The highest BCUT2D eigenvalue weighted by Gasteiger charge is 2.70. The Morgan fingerprint density at radius 1 is 1.15 bits per heavy atom. The van der Waals surface area contributed by atoms with Crippen LogP contribution in [0.5, 0.6) is 5.75 Å². The average molecular weight is 573 g/mol. The molecule has 4 rings (SSSR count). The van der Waals surface area contributed by atoms with Gasteiger partial charge in [0.1, 0.15) is 17.6 Å². The van der Waals surface area contributed by atoms with Crippen LogP contribution in [0.15, 0.2) is 24.3 Å². The fraction of sp³-hybridized carbons (Fsp3) is 0.677. The molecule has 0 N–H and O–H groups in total. The molecule has 1 aromatic rings. The van der Waals surface area contributed by atoms with E-state index in [1.165, 1.54) is 0 Å². The second-order valence-corrected chi connectivity index (χ2v) is 12.2. The number of rotatable bonds is 12. The molecule has 0 radical (unpaired) electrons. The quantitative estimate of drug-likeness (QED) is 0.210. The summed E-state index contributed by atoms with van der Waals surface area (Å²) in [5, 5.41) is 0. The van der Waals surface area contributed by atoms with Gasteiger partial charge in [-0.3, -0.25) is 9.59 Å². The number of carbonyl (C=O) groups is 4. The molecule has 2 aliphatic heterocycles. The summed E-state index contributed by atoms with van der Waals surface area (Å²) in [7, 11) is 1.63. The molecule has 3 fully saturated rings. The zero-order valence-corrected chi connectivity index (χ0v) is 24.9. The van der Waals surface area contributed by atoms with E-state index in [1.807, 2.05) is 24.3 Å². The molecular formula is C31H44N2O8. The Morgan fingerprint density at radius 2 is 1.88 bits per heavy atom. The van der Waals surface area contributed by atoms with Gasteiger partial charge in [0.15, 0.2) is 0 Å². The number of carbonyl (C=O) groups excluding carboxylic acids is 4. The van der Waals surface area contributed by atoms with Crippen LogP contribution in [0.4, 0.5) is 4.79 Å². The monoisotopic (exact) mass is 572 g/mol. The van der Waals surface area contributed by atoms with Gasteiger partial charge in [-0.2, -0.15) is 0 Å². The SMILES string of the molecule is CCOC(=O)C[C@]12[C@@H]3CCN(C(=O)OC(C)(C)C)[C@H]1[C@H](C=O)C[C@H]3C(=O)N2CCCCOCc1ccc(OC)cc1. The van der Waals surface area contributed by atoms with Crippen LogP contribution in [0.1, 0.15) is 65.4 Å². The zero-order valence-electron chi connectivity index (χ0n) is 24.9. The van der Waals surface area contributed by atoms with Gasteiger partial charge in [0.25, 0.3) is 0 Å². The lowest BCUT2D eigenvalue weighted by atomic mass is 9.58. The second-order valence-electron chi connectivity index (χ2n) is 12.2. The number of ether oxygens (including phenoxy) is 4. The molecule has 2 amide bonds. The molecule has 0 aromatic heterocycles. The number of benzene rings is 1. The standard InChI is InChI=1S/C31H44N2O8/c1-6-40-26(35)18-31-25-13-15-32(29(37)41-30(2,3)4)27(31)22(19-34)17-24(25)28(36)33(31)14-7-8-16-39-20-21-9-11-23(38-5)12-10-21/h9-12,19,22,24-25,27H,6-8,13-18,20H2,1-5H3/t22-,24+,25+,27-,31-/m0/s1. The number of hydrogen-bond acceptors (Lipinski definition) is 8. The third kappa shape index (κ3) is 6.37. The Balaban J connectivity index is 1.52. The third-order valence-corrected chi connectivity index (χ3v) is 8.56. The summed E-state index contributed by atoms with van der Waals surface area (Å²) in [6, 6.07) is 7.04. The van der Waals surface area contributed by atoms with Gasteiger partial charge < -0.3 is 33.5 Å². The van der Waals surface area contributed by atoms with Crippen LogP contribution in [0.25, 0.3) is 0 Å². The summed E-state index contributed by atoms with van der Waals surface area (Å²) in [5.41, 5.74) is -0.706. The highest BCUT2D eigenvalue weighted by Crippen LogP contribution is 2.58. The highest BCUT2D eigenvalue weighted by atomic mass is 16.6. The Labute approximate surface area is 242 Å². The van der Waals surface area contributed by atoms with E-state index in [1.54, 1.807) is 44.6 Å². The first-order chi connectivity index (χ1) is 19.6. The number of likely N-dealkylation sites (tertiary alicyclic amines) is 2. The van der Waals surface area contributed by atoms with Crippen LogP contribution in [0.2, 0.25) is 0 Å². The number of piperidine rings is 1. The lowest BCUT2D eigenvalue weighted by molar-refractivity contribution is -0.157. The third-order valence-electron chi connectivity index (χ3n) is 8.56. The molecule has 4 bridgehead atoms. The number of nitrogens with zero attached hydrogens (tertiary/aromatic N) is 2. The van der Waals surface area contributed by atoms with E-state index in [2.05, 4.69) is 0 Å². The molecule has 41 heavy (non-hydrogen) atoms. The van der Waals surface area contributed by atoms with Crippen LogP contribution >= 0.6 is 0 Å². The minimum atomic E-state index is -1.02.